The van der Waals surface area contributed by atoms with Crippen molar-refractivity contribution in [2.45, 2.75) is 63.6 Å². The molecule has 3 amide bonds. The van der Waals surface area contributed by atoms with E-state index in [1.54, 1.807) is 4.90 Å². The predicted molar refractivity (Wildman–Crippen MR) is 224 cm³/mol. The zero-order valence-corrected chi connectivity index (χ0v) is 35.0. The summed E-state index contributed by atoms with van der Waals surface area (Å²) in [5, 5.41) is 7.99. The Morgan fingerprint density at radius 2 is 1.65 bits per heavy atom. The summed E-state index contributed by atoms with van der Waals surface area (Å²) in [6.07, 6.45) is 2.11. The van der Waals surface area contributed by atoms with Crippen molar-refractivity contribution >= 4 is 56.7 Å². The number of carbonyl (C=O) groups is 3. The maximum absolute atomic E-state index is 14.0. The number of carbonyl (C=O) groups excluding carboxylic acids is 3. The van der Waals surface area contributed by atoms with Crippen LogP contribution in [0.15, 0.2) is 61.1 Å². The monoisotopic (exact) mass is 876 g/mol. The molecule has 1 atom stereocenters. The third kappa shape index (κ3) is 9.43. The molecule has 8 rings (SSSR count). The van der Waals surface area contributed by atoms with E-state index in [0.29, 0.717) is 36.5 Å². The molecule has 3 fully saturated rings. The minimum Gasteiger partial charge on any atom is -0.371 e. The fourth-order valence-corrected chi connectivity index (χ4v) is 8.97. The Labute approximate surface area is 356 Å². The number of anilines is 5. The molecule has 4 aromatic rings. The van der Waals surface area contributed by atoms with Crippen LogP contribution in [0.5, 0.6) is 0 Å². The molecule has 1 unspecified atom stereocenters. The molecule has 0 spiro atoms. The number of piperazine rings is 1. The Balaban J connectivity index is 0.813. The number of piperidine rings is 2. The highest BCUT2D eigenvalue weighted by atomic mass is 32.2. The van der Waals surface area contributed by atoms with E-state index in [1.165, 1.54) is 19.4 Å². The second kappa shape index (κ2) is 17.4. The lowest BCUT2D eigenvalue weighted by atomic mass is 10.0. The third-order valence-electron chi connectivity index (χ3n) is 11.9. The Morgan fingerprint density at radius 1 is 0.919 bits per heavy atom. The number of aromatic nitrogens is 4. The summed E-state index contributed by atoms with van der Waals surface area (Å²) >= 11 is 0. The van der Waals surface area contributed by atoms with Gasteiger partial charge in [0.2, 0.25) is 27.8 Å². The number of imide groups is 1. The SMILES string of the molecule is CN(c1nccnc1CNc1nc(Nc2ccc(N3CCC(N4CCN(Cc5ccc6c(c5)CN(C5CCC(=O)NC5=O)C6=O)CC4)CC3)cc2)ncc1C(F)(F)F)S(C)(=O)=O. The number of hydrogen-bond donors (Lipinski definition) is 3. The van der Waals surface area contributed by atoms with Crippen LogP contribution in [0.3, 0.4) is 0 Å². The van der Waals surface area contributed by atoms with Gasteiger partial charge >= 0.3 is 6.18 Å². The van der Waals surface area contributed by atoms with Crippen LogP contribution in [0.1, 0.15) is 58.4 Å². The number of sulfonamides is 1. The summed E-state index contributed by atoms with van der Waals surface area (Å²) in [6, 6.07) is 13.4. The molecule has 0 aliphatic carbocycles. The highest BCUT2D eigenvalue weighted by Gasteiger charge is 2.39. The molecule has 2 aromatic heterocycles. The Hall–Kier alpha value is -5.93. The predicted octanol–water partition coefficient (Wildman–Crippen LogP) is 3.58. The Bertz CT molecular complexity index is 2440. The molecule has 4 aliphatic rings. The zero-order chi connectivity index (χ0) is 43.8. The fraction of sp³-hybridized carbons (Fsp3) is 0.439. The van der Waals surface area contributed by atoms with Crippen LogP contribution < -0.4 is 25.2 Å². The molecular weight excluding hydrogens is 830 g/mol. The van der Waals surface area contributed by atoms with Gasteiger partial charge in [0.05, 0.1) is 12.8 Å². The first kappa shape index (κ1) is 42.7. The maximum atomic E-state index is 14.0. The van der Waals surface area contributed by atoms with E-state index in [9.17, 15) is 36.0 Å². The van der Waals surface area contributed by atoms with Crippen LogP contribution in [0, 0.1) is 0 Å². The molecule has 3 N–H and O–H groups in total. The average molecular weight is 877 g/mol. The molecular formula is C41H47F3N12O5S. The summed E-state index contributed by atoms with van der Waals surface area (Å²) in [6.45, 7) is 6.39. The molecule has 21 heteroatoms. The number of alkyl halides is 3. The molecule has 6 heterocycles. The minimum absolute atomic E-state index is 0.0276. The molecule has 4 aliphatic heterocycles. The summed E-state index contributed by atoms with van der Waals surface area (Å²) in [5.74, 6) is -1.47. The quantitative estimate of drug-likeness (QED) is 0.175. The molecule has 62 heavy (non-hydrogen) atoms. The van der Waals surface area contributed by atoms with E-state index < -0.39 is 39.5 Å². The maximum Gasteiger partial charge on any atom is 0.421 e. The van der Waals surface area contributed by atoms with Crippen molar-refractivity contribution in [3.8, 4) is 0 Å². The van der Waals surface area contributed by atoms with Gasteiger partial charge in [-0.25, -0.2) is 18.4 Å². The van der Waals surface area contributed by atoms with E-state index in [1.807, 2.05) is 36.4 Å². The summed E-state index contributed by atoms with van der Waals surface area (Å²) in [4.78, 5) is 62.3. The largest absolute Gasteiger partial charge is 0.421 e. The Morgan fingerprint density at radius 3 is 2.34 bits per heavy atom. The first-order valence-electron chi connectivity index (χ1n) is 20.4. The second-order valence-electron chi connectivity index (χ2n) is 16.0. The highest BCUT2D eigenvalue weighted by molar-refractivity contribution is 7.92. The number of halogens is 3. The number of nitrogens with one attached hydrogen (secondary N) is 3. The van der Waals surface area contributed by atoms with E-state index >= 15 is 0 Å². The van der Waals surface area contributed by atoms with E-state index in [4.69, 9.17) is 0 Å². The standard InChI is InChI=1S/C41H47F3N12O5S/c1-52(62(2,60)61)37-33(45-13-14-46-37)23-47-36-32(41(42,43)44)22-48-40(51-36)49-28-4-6-29(7-5-28)54-15-11-30(12-16-54)55-19-17-53(18-20-55)24-26-3-8-31-27(21-26)25-56(39(31)59)34-9-10-35(57)50-38(34)58/h3-8,13-14,21-22,30,34H,9-12,15-20,23-25H2,1-2H3,(H,50,57,58)(H2,47,48,49,51). The van der Waals surface area contributed by atoms with Crippen molar-refractivity contribution in [2.75, 3.05) is 72.4 Å². The molecule has 2 aromatic carbocycles. The van der Waals surface area contributed by atoms with Crippen LogP contribution in [0.4, 0.5) is 42.1 Å². The lowest BCUT2D eigenvalue weighted by molar-refractivity contribution is -0.138. The number of amides is 3. The molecule has 17 nitrogen and oxygen atoms in total. The lowest BCUT2D eigenvalue weighted by Gasteiger charge is -2.43. The van der Waals surface area contributed by atoms with E-state index in [0.717, 1.165) is 86.0 Å². The van der Waals surface area contributed by atoms with Crippen LogP contribution in [0.2, 0.25) is 0 Å². The van der Waals surface area contributed by atoms with Crippen molar-refractivity contribution in [1.82, 2.24) is 40.0 Å². The summed E-state index contributed by atoms with van der Waals surface area (Å²) in [7, 11) is -2.43. The zero-order valence-electron chi connectivity index (χ0n) is 34.2. The number of rotatable bonds is 12. The van der Waals surface area contributed by atoms with Crippen molar-refractivity contribution in [3.05, 3.63) is 89.0 Å². The van der Waals surface area contributed by atoms with Gasteiger partial charge in [-0.05, 0) is 60.7 Å². The molecule has 0 saturated carbocycles. The van der Waals surface area contributed by atoms with Gasteiger partial charge in [0.25, 0.3) is 5.91 Å². The van der Waals surface area contributed by atoms with Crippen molar-refractivity contribution in [1.29, 1.82) is 0 Å². The smallest absolute Gasteiger partial charge is 0.371 e. The van der Waals surface area contributed by atoms with Gasteiger partial charge in [0.15, 0.2) is 5.82 Å². The van der Waals surface area contributed by atoms with E-state index in [-0.39, 0.29) is 42.2 Å². The van der Waals surface area contributed by atoms with Crippen molar-refractivity contribution < 1.29 is 36.0 Å². The topological polar surface area (TPSA) is 189 Å². The fourth-order valence-electron chi connectivity index (χ4n) is 8.50. The highest BCUT2D eigenvalue weighted by Crippen LogP contribution is 2.35. The summed E-state index contributed by atoms with van der Waals surface area (Å²) < 4.78 is 67.0. The second-order valence-corrected chi connectivity index (χ2v) is 18.0. The molecule has 3 saturated heterocycles. The van der Waals surface area contributed by atoms with Crippen molar-refractivity contribution in [3.63, 3.8) is 0 Å². The van der Waals surface area contributed by atoms with Crippen LogP contribution in [0.25, 0.3) is 0 Å². The molecule has 0 bridgehead atoms. The number of benzene rings is 2. The molecule has 328 valence electrons. The third-order valence-corrected chi connectivity index (χ3v) is 13.1. The number of nitrogens with zero attached hydrogens (tertiary/aromatic N) is 9. The van der Waals surface area contributed by atoms with Crippen LogP contribution in [-0.2, 0) is 45.4 Å². The average Bonchev–Trinajstić information content (AvgIpc) is 3.57. The van der Waals surface area contributed by atoms with Gasteiger partial charge in [0.1, 0.15) is 23.1 Å². The van der Waals surface area contributed by atoms with Gasteiger partial charge in [0, 0.05) is 107 Å². The Kier molecular flexibility index (Phi) is 12.0. The van der Waals surface area contributed by atoms with Gasteiger partial charge in [-0.3, -0.25) is 38.8 Å². The van der Waals surface area contributed by atoms with Gasteiger partial charge in [-0.2, -0.15) is 18.2 Å². The van der Waals surface area contributed by atoms with Gasteiger partial charge in [-0.15, -0.1) is 0 Å². The van der Waals surface area contributed by atoms with Crippen molar-refractivity contribution in [2.24, 2.45) is 0 Å². The van der Waals surface area contributed by atoms with Gasteiger partial charge < -0.3 is 20.4 Å². The van der Waals surface area contributed by atoms with Gasteiger partial charge in [-0.1, -0.05) is 12.1 Å². The number of hydrogen-bond acceptors (Lipinski definition) is 14. The van der Waals surface area contributed by atoms with Crippen LogP contribution in [-0.4, -0.2) is 125 Å². The first-order valence-corrected chi connectivity index (χ1v) is 22.2. The first-order chi connectivity index (χ1) is 29.6. The van der Waals surface area contributed by atoms with E-state index in [2.05, 4.69) is 56.7 Å². The number of fused-ring (bicyclic) bond motifs is 1. The lowest BCUT2D eigenvalue weighted by Crippen LogP contribution is -2.53. The summed E-state index contributed by atoms with van der Waals surface area (Å²) in [5.41, 5.74) is 3.29. The minimum atomic E-state index is -4.76. The van der Waals surface area contributed by atoms with Crippen LogP contribution >= 0.6 is 0 Å². The normalized spacial score (nSPS) is 19.4. The molecule has 0 radical (unpaired) electrons.